The molecule has 0 spiro atoms. The van der Waals surface area contributed by atoms with Gasteiger partial charge in [-0.1, -0.05) is 41.9 Å². The summed E-state index contributed by atoms with van der Waals surface area (Å²) >= 11 is 6.64. The molecule has 1 amide bonds. The highest BCUT2D eigenvalue weighted by Crippen LogP contribution is 2.29. The topological polar surface area (TPSA) is 134 Å². The summed E-state index contributed by atoms with van der Waals surface area (Å²) in [5, 5.41) is 14.4. The molecule has 3 aromatic carbocycles. The number of hydrogen-bond acceptors (Lipinski definition) is 7. The summed E-state index contributed by atoms with van der Waals surface area (Å²) in [5.74, 6) is -2.62. The Bertz CT molecular complexity index is 1640. The molecule has 1 heterocycles. The number of rotatable bonds is 9. The van der Waals surface area contributed by atoms with Crippen LogP contribution in [0.4, 0.5) is 10.1 Å². The Balaban J connectivity index is 1.61. The fraction of sp³-hybridized carbons (Fsp3) is 0.0417. The molecular weight excluding hydrogens is 545 g/mol. The van der Waals surface area contributed by atoms with Gasteiger partial charge >= 0.3 is 5.97 Å². The summed E-state index contributed by atoms with van der Waals surface area (Å²) in [6, 6.07) is 16.2. The number of halogens is 2. The normalized spacial score (nSPS) is 11.5. The van der Waals surface area contributed by atoms with Crippen molar-refractivity contribution in [3.05, 3.63) is 88.0 Å². The molecule has 4 rings (SSSR count). The summed E-state index contributed by atoms with van der Waals surface area (Å²) in [6.45, 7) is -0.589. The number of hydrogen-bond donors (Lipinski definition) is 3. The quantitative estimate of drug-likeness (QED) is 0.200. The number of fused-ring (bicyclic) bond motifs is 1. The van der Waals surface area contributed by atoms with Crippen molar-refractivity contribution in [2.45, 2.75) is 4.21 Å². The third-order valence-electron chi connectivity index (χ3n) is 4.93. The van der Waals surface area contributed by atoms with E-state index in [-0.39, 0.29) is 25.5 Å². The van der Waals surface area contributed by atoms with Crippen LogP contribution < -0.4 is 14.9 Å². The van der Waals surface area contributed by atoms with Crippen LogP contribution in [0.3, 0.4) is 0 Å². The molecule has 0 aliphatic carbocycles. The molecule has 0 saturated heterocycles. The predicted molar refractivity (Wildman–Crippen MR) is 139 cm³/mol. The molecule has 0 saturated carbocycles. The number of nitrogens with one attached hydrogen (secondary N) is 2. The predicted octanol–water partition coefficient (Wildman–Crippen LogP) is 4.72. The van der Waals surface area contributed by atoms with Crippen LogP contribution in [0.5, 0.6) is 5.75 Å². The number of nitrogens with zero attached hydrogens (tertiary/aromatic N) is 1. The first-order valence-electron chi connectivity index (χ1n) is 10.4. The van der Waals surface area contributed by atoms with Gasteiger partial charge in [-0.3, -0.25) is 9.52 Å². The first-order valence-corrected chi connectivity index (χ1v) is 13.1. The lowest BCUT2D eigenvalue weighted by molar-refractivity contribution is -0.139. The second kappa shape index (κ2) is 10.9. The average molecular weight is 562 g/mol. The lowest BCUT2D eigenvalue weighted by Gasteiger charge is -2.12. The Morgan fingerprint density at radius 1 is 1.11 bits per heavy atom. The molecule has 13 heteroatoms. The van der Waals surface area contributed by atoms with Gasteiger partial charge in [0.2, 0.25) is 0 Å². The van der Waals surface area contributed by atoms with E-state index >= 15 is 0 Å². The van der Waals surface area contributed by atoms with E-state index in [9.17, 15) is 22.4 Å². The number of carboxylic acid groups (broad SMARTS) is 1. The molecule has 9 nitrogen and oxygen atoms in total. The third kappa shape index (κ3) is 6.23. The molecule has 3 N–H and O–H groups in total. The van der Waals surface area contributed by atoms with E-state index in [2.05, 4.69) is 15.2 Å². The van der Waals surface area contributed by atoms with Crippen molar-refractivity contribution in [1.29, 1.82) is 0 Å². The number of anilines is 1. The van der Waals surface area contributed by atoms with E-state index in [1.54, 1.807) is 24.3 Å². The maximum Gasteiger partial charge on any atom is 0.341 e. The number of amides is 1. The zero-order chi connectivity index (χ0) is 26.6. The maximum absolute atomic E-state index is 14.0. The number of benzene rings is 3. The second-order valence-electron chi connectivity index (χ2n) is 7.43. The molecule has 0 aliphatic heterocycles. The van der Waals surface area contributed by atoms with E-state index in [1.165, 1.54) is 18.3 Å². The van der Waals surface area contributed by atoms with E-state index in [4.69, 9.17) is 21.4 Å². The highest BCUT2D eigenvalue weighted by molar-refractivity contribution is 7.94. The van der Waals surface area contributed by atoms with Crippen LogP contribution in [0.15, 0.2) is 76.0 Å². The van der Waals surface area contributed by atoms with Crippen molar-refractivity contribution in [3.63, 3.8) is 0 Å². The van der Waals surface area contributed by atoms with Gasteiger partial charge in [0.15, 0.2) is 6.61 Å². The van der Waals surface area contributed by atoms with Gasteiger partial charge in [-0.15, -0.1) is 11.3 Å². The highest BCUT2D eigenvalue weighted by atomic mass is 35.5. The first kappa shape index (κ1) is 26.1. The Hall–Kier alpha value is -4.00. The van der Waals surface area contributed by atoms with Gasteiger partial charge in [0.05, 0.1) is 21.8 Å². The first-order chi connectivity index (χ1) is 17.6. The number of carboxylic acids is 1. The SMILES string of the molecule is O=C(O)COc1ccc2ccccc2c1/C=N\NC(=O)c1cc(F)ccc1NS(=O)(=O)c1ccc(Cl)s1. The smallest absolute Gasteiger partial charge is 0.341 e. The largest absolute Gasteiger partial charge is 0.481 e. The summed E-state index contributed by atoms with van der Waals surface area (Å²) in [6.07, 6.45) is 1.26. The molecule has 37 heavy (non-hydrogen) atoms. The van der Waals surface area contributed by atoms with Crippen LogP contribution in [0.1, 0.15) is 15.9 Å². The molecule has 190 valence electrons. The maximum atomic E-state index is 14.0. The standard InChI is InChI=1S/C24H17ClFN3O6S2/c25-21-9-10-23(36-21)37(33,34)29-19-7-6-15(26)11-17(19)24(32)28-27-12-18-16-4-2-1-3-14(16)5-8-20(18)35-13-22(30)31/h1-12,29H,13H2,(H,28,32)(H,30,31)/b27-12-. The van der Waals surface area contributed by atoms with Gasteiger partial charge in [0.1, 0.15) is 15.8 Å². The van der Waals surface area contributed by atoms with E-state index in [0.717, 1.165) is 34.9 Å². The number of sulfonamides is 1. The van der Waals surface area contributed by atoms with Gasteiger partial charge in [-0.05, 0) is 47.2 Å². The van der Waals surface area contributed by atoms with Gasteiger partial charge in [-0.25, -0.2) is 23.0 Å². The van der Waals surface area contributed by atoms with Crippen LogP contribution in [0.2, 0.25) is 4.34 Å². The Morgan fingerprint density at radius 3 is 2.62 bits per heavy atom. The van der Waals surface area contributed by atoms with Crippen LogP contribution in [0.25, 0.3) is 10.8 Å². The van der Waals surface area contributed by atoms with Gasteiger partial charge in [0, 0.05) is 5.56 Å². The second-order valence-corrected chi connectivity index (χ2v) is 11.1. The highest BCUT2D eigenvalue weighted by Gasteiger charge is 2.21. The van der Waals surface area contributed by atoms with E-state index in [0.29, 0.717) is 10.9 Å². The van der Waals surface area contributed by atoms with Crippen molar-refractivity contribution < 1.29 is 32.2 Å². The Kier molecular flexibility index (Phi) is 7.71. The molecular formula is C24H17ClFN3O6S2. The number of thiophene rings is 1. The summed E-state index contributed by atoms with van der Waals surface area (Å²) < 4.78 is 47.1. The average Bonchev–Trinajstić information content (AvgIpc) is 3.31. The van der Waals surface area contributed by atoms with Crippen molar-refractivity contribution in [2.24, 2.45) is 5.10 Å². The fourth-order valence-corrected chi connectivity index (χ4v) is 5.88. The van der Waals surface area contributed by atoms with Crippen molar-refractivity contribution in [1.82, 2.24) is 5.43 Å². The minimum atomic E-state index is -4.09. The van der Waals surface area contributed by atoms with Gasteiger partial charge < -0.3 is 9.84 Å². The van der Waals surface area contributed by atoms with Gasteiger partial charge in [-0.2, -0.15) is 5.10 Å². The van der Waals surface area contributed by atoms with Gasteiger partial charge in [0.25, 0.3) is 15.9 Å². The number of aliphatic carboxylic acids is 1. The lowest BCUT2D eigenvalue weighted by atomic mass is 10.0. The van der Waals surface area contributed by atoms with Crippen LogP contribution >= 0.6 is 22.9 Å². The summed E-state index contributed by atoms with van der Waals surface area (Å²) in [5.41, 5.74) is 2.15. The van der Waals surface area contributed by atoms with Crippen LogP contribution in [-0.2, 0) is 14.8 Å². The molecule has 0 atom stereocenters. The molecule has 0 bridgehead atoms. The number of carbonyl (C=O) groups is 2. The summed E-state index contributed by atoms with van der Waals surface area (Å²) in [7, 11) is -4.09. The summed E-state index contributed by atoms with van der Waals surface area (Å²) in [4.78, 5) is 23.8. The monoisotopic (exact) mass is 561 g/mol. The van der Waals surface area contributed by atoms with Crippen molar-refractivity contribution in [3.8, 4) is 5.75 Å². The molecule has 0 unspecified atom stereocenters. The van der Waals surface area contributed by atoms with E-state index < -0.39 is 34.3 Å². The van der Waals surface area contributed by atoms with Crippen LogP contribution in [-0.4, -0.2) is 38.2 Å². The molecule has 1 aromatic heterocycles. The number of hydrazone groups is 1. The molecule has 4 aromatic rings. The lowest BCUT2D eigenvalue weighted by Crippen LogP contribution is -2.21. The third-order valence-corrected chi connectivity index (χ3v) is 8.01. The van der Waals surface area contributed by atoms with Crippen molar-refractivity contribution in [2.75, 3.05) is 11.3 Å². The minimum absolute atomic E-state index is 0.0870. The Labute approximate surface area is 219 Å². The fourth-order valence-electron chi connectivity index (χ4n) is 3.32. The molecule has 0 aliphatic rings. The number of carbonyl (C=O) groups excluding carboxylic acids is 1. The Morgan fingerprint density at radius 2 is 1.89 bits per heavy atom. The van der Waals surface area contributed by atoms with E-state index in [1.807, 2.05) is 12.1 Å². The van der Waals surface area contributed by atoms with Crippen molar-refractivity contribution >= 4 is 67.5 Å². The van der Waals surface area contributed by atoms with Crippen LogP contribution in [0, 0.1) is 5.82 Å². The zero-order valence-corrected chi connectivity index (χ0v) is 21.0. The molecule has 0 radical (unpaired) electrons. The minimum Gasteiger partial charge on any atom is -0.481 e. The number of ether oxygens (including phenoxy) is 1. The molecule has 0 fully saturated rings. The zero-order valence-electron chi connectivity index (χ0n) is 18.6.